The molecule has 0 aliphatic carbocycles. The van der Waals surface area contributed by atoms with Crippen molar-refractivity contribution < 1.29 is 22.7 Å². The number of hydrogen-bond donors (Lipinski definition) is 1. The largest absolute Gasteiger partial charge is 0.444 e. The lowest BCUT2D eigenvalue weighted by Gasteiger charge is -2.24. The van der Waals surface area contributed by atoms with Crippen molar-refractivity contribution in [3.8, 4) is 0 Å². The van der Waals surface area contributed by atoms with Crippen molar-refractivity contribution in [1.82, 2.24) is 5.32 Å². The summed E-state index contributed by atoms with van der Waals surface area (Å²) in [7, 11) is 0. The molecule has 0 rings (SSSR count). The molecule has 0 aliphatic heterocycles. The molecule has 3 nitrogen and oxygen atoms in total. The fraction of sp³-hybridized carbons (Fsp3) is 0.889. The van der Waals surface area contributed by atoms with Crippen LogP contribution in [0.3, 0.4) is 0 Å². The third-order valence-corrected chi connectivity index (χ3v) is 1.49. The molecule has 6 heteroatoms. The zero-order chi connectivity index (χ0) is 12.3. The minimum absolute atomic E-state index is 0.220. The minimum atomic E-state index is -4.44. The Labute approximate surface area is 87.0 Å². The van der Waals surface area contributed by atoms with Gasteiger partial charge in [-0.2, -0.15) is 13.2 Å². The predicted octanol–water partition coefficient (Wildman–Crippen LogP) is 2.85. The lowest BCUT2D eigenvalue weighted by Crippen LogP contribution is -2.46. The van der Waals surface area contributed by atoms with E-state index in [-0.39, 0.29) is 6.42 Å². The van der Waals surface area contributed by atoms with Gasteiger partial charge in [0.25, 0.3) is 0 Å². The van der Waals surface area contributed by atoms with Crippen LogP contribution >= 0.6 is 0 Å². The van der Waals surface area contributed by atoms with Gasteiger partial charge in [0.05, 0.1) is 0 Å². The first kappa shape index (κ1) is 14.1. The summed E-state index contributed by atoms with van der Waals surface area (Å²) in [4.78, 5) is 11.0. The Balaban J connectivity index is 4.27. The lowest BCUT2D eigenvalue weighted by molar-refractivity contribution is -0.155. The van der Waals surface area contributed by atoms with Gasteiger partial charge in [0.15, 0.2) is 0 Å². The van der Waals surface area contributed by atoms with E-state index in [9.17, 15) is 18.0 Å². The number of rotatable bonds is 2. The number of alkyl carbamates (subject to hydrolysis) is 1. The van der Waals surface area contributed by atoms with Crippen molar-refractivity contribution >= 4 is 6.09 Å². The van der Waals surface area contributed by atoms with Crippen molar-refractivity contribution in [2.24, 2.45) is 0 Å². The maximum absolute atomic E-state index is 12.2. The average Bonchev–Trinajstić information content (AvgIpc) is 1.94. The molecule has 0 spiro atoms. The summed E-state index contributed by atoms with van der Waals surface area (Å²) in [6.07, 6.45) is -5.71. The Hall–Kier alpha value is -0.940. The Kier molecular flexibility index (Phi) is 4.42. The smallest absolute Gasteiger partial charge is 0.408 e. The summed E-state index contributed by atoms with van der Waals surface area (Å²) in [6.45, 7) is 6.10. The normalized spacial score (nSPS) is 14.6. The summed E-state index contributed by atoms with van der Waals surface area (Å²) in [6, 6.07) is -1.85. The molecule has 90 valence electrons. The van der Waals surface area contributed by atoms with E-state index in [1.165, 1.54) is 6.92 Å². The van der Waals surface area contributed by atoms with E-state index in [4.69, 9.17) is 4.74 Å². The fourth-order valence-electron chi connectivity index (χ4n) is 0.865. The molecule has 0 saturated carbocycles. The first-order valence-electron chi connectivity index (χ1n) is 4.62. The standard InChI is InChI=1S/C9H16F3NO2/c1-5-6(9(10,11)12)13-7(14)15-8(2,3)4/h6H,5H2,1-4H3,(H,13,14). The first-order valence-corrected chi connectivity index (χ1v) is 4.62. The maximum atomic E-state index is 12.2. The van der Waals surface area contributed by atoms with Crippen LogP contribution in [0.1, 0.15) is 34.1 Å². The molecular formula is C9H16F3NO2. The molecule has 0 fully saturated rings. The highest BCUT2D eigenvalue weighted by atomic mass is 19.4. The van der Waals surface area contributed by atoms with Gasteiger partial charge in [-0.15, -0.1) is 0 Å². The highest BCUT2D eigenvalue weighted by Gasteiger charge is 2.40. The van der Waals surface area contributed by atoms with Crippen molar-refractivity contribution in [3.05, 3.63) is 0 Å². The molecule has 1 N–H and O–H groups in total. The maximum Gasteiger partial charge on any atom is 0.408 e. The van der Waals surface area contributed by atoms with Gasteiger partial charge in [-0.25, -0.2) is 4.79 Å². The number of halogens is 3. The number of carbonyl (C=O) groups is 1. The molecule has 15 heavy (non-hydrogen) atoms. The molecule has 0 aromatic heterocycles. The zero-order valence-corrected chi connectivity index (χ0v) is 9.23. The highest BCUT2D eigenvalue weighted by molar-refractivity contribution is 5.68. The molecule has 1 atom stereocenters. The van der Waals surface area contributed by atoms with Crippen LogP contribution in [-0.4, -0.2) is 23.9 Å². The number of alkyl halides is 3. The van der Waals surface area contributed by atoms with Crippen LogP contribution in [0.5, 0.6) is 0 Å². The van der Waals surface area contributed by atoms with Gasteiger partial charge >= 0.3 is 12.3 Å². The highest BCUT2D eigenvalue weighted by Crippen LogP contribution is 2.22. The van der Waals surface area contributed by atoms with Crippen LogP contribution in [0.2, 0.25) is 0 Å². The van der Waals surface area contributed by atoms with Crippen LogP contribution in [0.25, 0.3) is 0 Å². The van der Waals surface area contributed by atoms with E-state index in [2.05, 4.69) is 0 Å². The topological polar surface area (TPSA) is 38.3 Å². The second-order valence-corrected chi connectivity index (χ2v) is 4.15. The van der Waals surface area contributed by atoms with Gasteiger partial charge in [0, 0.05) is 0 Å². The average molecular weight is 227 g/mol. The minimum Gasteiger partial charge on any atom is -0.444 e. The fourth-order valence-corrected chi connectivity index (χ4v) is 0.865. The third-order valence-electron chi connectivity index (χ3n) is 1.49. The number of amides is 1. The lowest BCUT2D eigenvalue weighted by atomic mass is 10.2. The van der Waals surface area contributed by atoms with Crippen LogP contribution in [-0.2, 0) is 4.74 Å². The second-order valence-electron chi connectivity index (χ2n) is 4.15. The quantitative estimate of drug-likeness (QED) is 0.787. The number of carbonyl (C=O) groups excluding carboxylic acids is 1. The second kappa shape index (κ2) is 4.72. The van der Waals surface area contributed by atoms with Gasteiger partial charge < -0.3 is 10.1 Å². The Morgan fingerprint density at radius 1 is 1.33 bits per heavy atom. The predicted molar refractivity (Wildman–Crippen MR) is 49.5 cm³/mol. The van der Waals surface area contributed by atoms with Crippen molar-refractivity contribution in [2.75, 3.05) is 0 Å². The van der Waals surface area contributed by atoms with Gasteiger partial charge in [0.1, 0.15) is 11.6 Å². The SMILES string of the molecule is CCC(NC(=O)OC(C)(C)C)C(F)(F)F. The van der Waals surface area contributed by atoms with Crippen molar-refractivity contribution in [3.63, 3.8) is 0 Å². The van der Waals surface area contributed by atoms with Crippen LogP contribution in [0, 0.1) is 0 Å². The summed E-state index contributed by atoms with van der Waals surface area (Å²) in [5.41, 5.74) is -0.798. The number of nitrogens with one attached hydrogen (secondary N) is 1. The van der Waals surface area contributed by atoms with Crippen molar-refractivity contribution in [2.45, 2.75) is 51.9 Å². The monoisotopic (exact) mass is 227 g/mol. The molecule has 0 radical (unpaired) electrons. The summed E-state index contributed by atoms with van der Waals surface area (Å²) < 4.78 is 41.4. The van der Waals surface area contributed by atoms with E-state index < -0.39 is 23.9 Å². The van der Waals surface area contributed by atoms with E-state index in [1.54, 1.807) is 26.1 Å². The van der Waals surface area contributed by atoms with E-state index in [1.807, 2.05) is 0 Å². The molecule has 0 aromatic rings. The number of ether oxygens (including phenoxy) is 1. The molecule has 0 bridgehead atoms. The molecule has 0 aliphatic rings. The van der Waals surface area contributed by atoms with Crippen LogP contribution in [0.4, 0.5) is 18.0 Å². The zero-order valence-electron chi connectivity index (χ0n) is 9.23. The number of hydrogen-bond acceptors (Lipinski definition) is 2. The Morgan fingerprint density at radius 3 is 2.07 bits per heavy atom. The van der Waals surface area contributed by atoms with Gasteiger partial charge in [0.2, 0.25) is 0 Å². The molecule has 0 saturated heterocycles. The van der Waals surface area contributed by atoms with Crippen molar-refractivity contribution in [1.29, 1.82) is 0 Å². The molecule has 1 unspecified atom stereocenters. The Morgan fingerprint density at radius 2 is 1.80 bits per heavy atom. The Bertz CT molecular complexity index is 220. The molecule has 0 aromatic carbocycles. The van der Waals surface area contributed by atoms with Gasteiger partial charge in [-0.1, -0.05) is 6.92 Å². The van der Waals surface area contributed by atoms with Gasteiger partial charge in [-0.05, 0) is 27.2 Å². The van der Waals surface area contributed by atoms with E-state index in [0.29, 0.717) is 0 Å². The third kappa shape index (κ3) is 6.19. The van der Waals surface area contributed by atoms with Crippen LogP contribution < -0.4 is 5.32 Å². The molecule has 1 amide bonds. The molecular weight excluding hydrogens is 211 g/mol. The van der Waals surface area contributed by atoms with Gasteiger partial charge in [-0.3, -0.25) is 0 Å². The summed E-state index contributed by atoms with van der Waals surface area (Å²) in [5, 5.41) is 1.78. The molecule has 0 heterocycles. The van der Waals surface area contributed by atoms with E-state index in [0.717, 1.165) is 0 Å². The van der Waals surface area contributed by atoms with E-state index >= 15 is 0 Å². The first-order chi connectivity index (χ1) is 6.56. The van der Waals surface area contributed by atoms with Crippen LogP contribution in [0.15, 0.2) is 0 Å². The summed E-state index contributed by atoms with van der Waals surface area (Å²) >= 11 is 0. The summed E-state index contributed by atoms with van der Waals surface area (Å²) in [5.74, 6) is 0.